The summed E-state index contributed by atoms with van der Waals surface area (Å²) in [7, 11) is 1.94. The number of carbonyl (C=O) groups is 2. The fraction of sp³-hybridized carbons (Fsp3) is 0.368. The third-order valence-electron chi connectivity index (χ3n) is 4.83. The van der Waals surface area contributed by atoms with E-state index in [9.17, 15) is 18.0 Å². The molecule has 3 aromatic rings. The second-order valence-corrected chi connectivity index (χ2v) is 6.91. The van der Waals surface area contributed by atoms with Gasteiger partial charge in [0, 0.05) is 31.2 Å². The van der Waals surface area contributed by atoms with Crippen molar-refractivity contribution in [1.82, 2.24) is 24.5 Å². The van der Waals surface area contributed by atoms with Crippen molar-refractivity contribution in [2.24, 2.45) is 7.05 Å². The van der Waals surface area contributed by atoms with Crippen molar-refractivity contribution in [1.29, 1.82) is 0 Å². The standard InChI is InChI=1S/C17H20N6O.C2HF3O2/c1-22-14(12-5-2-3-8-18-12)6-7-15(22)17(24)21-13-11-20-23-10-4-9-19-16(13)23;3-2(4,5)1(6)7/h4,6-7,9-12,18H,2-3,5,8H2,1H3,(H,21,24);(H,6,7). The SMILES string of the molecule is Cn1c(C(=O)Nc2cnn3cccnc23)ccc1C1CCCCN1.O=C(O)C(F)(F)F. The average Bonchev–Trinajstić information content (AvgIpc) is 3.32. The van der Waals surface area contributed by atoms with Gasteiger partial charge >= 0.3 is 12.1 Å². The third kappa shape index (κ3) is 5.20. The van der Waals surface area contributed by atoms with Gasteiger partial charge < -0.3 is 20.3 Å². The highest BCUT2D eigenvalue weighted by atomic mass is 19.4. The number of halogens is 3. The zero-order valence-electron chi connectivity index (χ0n) is 16.6. The number of alkyl halides is 3. The lowest BCUT2D eigenvalue weighted by atomic mass is 10.0. The number of carboxylic acid groups (broad SMARTS) is 1. The Morgan fingerprint density at radius 2 is 2.03 bits per heavy atom. The first-order chi connectivity index (χ1) is 14.7. The van der Waals surface area contributed by atoms with Crippen molar-refractivity contribution in [2.75, 3.05) is 11.9 Å². The summed E-state index contributed by atoms with van der Waals surface area (Å²) in [6.45, 7) is 1.03. The Morgan fingerprint density at radius 1 is 1.29 bits per heavy atom. The van der Waals surface area contributed by atoms with Crippen molar-refractivity contribution in [2.45, 2.75) is 31.5 Å². The Hall–Kier alpha value is -3.41. The van der Waals surface area contributed by atoms with Crippen molar-refractivity contribution in [3.05, 3.63) is 48.2 Å². The van der Waals surface area contributed by atoms with Gasteiger partial charge in [-0.15, -0.1) is 0 Å². The Bertz CT molecular complexity index is 1070. The normalized spacial score (nSPS) is 16.5. The summed E-state index contributed by atoms with van der Waals surface area (Å²) < 4.78 is 35.3. The molecule has 9 nitrogen and oxygen atoms in total. The molecule has 1 unspecified atom stereocenters. The third-order valence-corrected chi connectivity index (χ3v) is 4.83. The first-order valence-corrected chi connectivity index (χ1v) is 9.47. The number of nitrogens with one attached hydrogen (secondary N) is 2. The van der Waals surface area contributed by atoms with Gasteiger partial charge in [0.05, 0.1) is 6.20 Å². The average molecular weight is 438 g/mol. The number of amides is 1. The van der Waals surface area contributed by atoms with Gasteiger partial charge in [0.25, 0.3) is 5.91 Å². The fourth-order valence-corrected chi connectivity index (χ4v) is 3.31. The summed E-state index contributed by atoms with van der Waals surface area (Å²) in [6, 6.07) is 6.03. The predicted molar refractivity (Wildman–Crippen MR) is 105 cm³/mol. The molecular formula is C19H21F3N6O3. The number of carbonyl (C=O) groups excluding carboxylic acids is 1. The van der Waals surface area contributed by atoms with E-state index in [1.54, 1.807) is 29.2 Å². The maximum Gasteiger partial charge on any atom is 0.490 e. The number of rotatable bonds is 3. The Labute approximate surface area is 174 Å². The lowest BCUT2D eigenvalue weighted by Gasteiger charge is -2.24. The Kier molecular flexibility index (Phi) is 6.59. The molecule has 0 saturated carbocycles. The van der Waals surface area contributed by atoms with Crippen molar-refractivity contribution >= 4 is 23.2 Å². The van der Waals surface area contributed by atoms with Gasteiger partial charge in [-0.25, -0.2) is 14.3 Å². The molecule has 166 valence electrons. The van der Waals surface area contributed by atoms with Crippen LogP contribution in [-0.2, 0) is 11.8 Å². The van der Waals surface area contributed by atoms with Crippen molar-refractivity contribution in [3.8, 4) is 0 Å². The molecule has 1 fully saturated rings. The molecule has 1 aliphatic heterocycles. The molecule has 0 bridgehead atoms. The molecule has 31 heavy (non-hydrogen) atoms. The molecule has 1 saturated heterocycles. The largest absolute Gasteiger partial charge is 0.490 e. The molecule has 12 heteroatoms. The van der Waals surface area contributed by atoms with Gasteiger partial charge in [-0.2, -0.15) is 18.3 Å². The molecule has 1 aliphatic rings. The smallest absolute Gasteiger partial charge is 0.475 e. The number of fused-ring (bicyclic) bond motifs is 1. The molecule has 0 aromatic carbocycles. The van der Waals surface area contributed by atoms with Crippen LogP contribution in [0.1, 0.15) is 41.5 Å². The van der Waals surface area contributed by atoms with Gasteiger partial charge in [0.15, 0.2) is 5.65 Å². The lowest BCUT2D eigenvalue weighted by Crippen LogP contribution is -2.28. The second kappa shape index (κ2) is 9.16. The molecule has 4 heterocycles. The van der Waals surface area contributed by atoms with Crippen molar-refractivity contribution < 1.29 is 27.9 Å². The highest BCUT2D eigenvalue weighted by molar-refractivity contribution is 6.05. The molecule has 1 amide bonds. The van der Waals surface area contributed by atoms with Gasteiger partial charge in [-0.05, 0) is 37.6 Å². The number of carboxylic acids is 1. The van der Waals surface area contributed by atoms with Crippen LogP contribution < -0.4 is 10.6 Å². The van der Waals surface area contributed by atoms with Crippen LogP contribution >= 0.6 is 0 Å². The first kappa shape index (κ1) is 22.3. The fourth-order valence-electron chi connectivity index (χ4n) is 3.31. The summed E-state index contributed by atoms with van der Waals surface area (Å²) in [5.41, 5.74) is 3.03. The monoisotopic (exact) mass is 438 g/mol. The van der Waals surface area contributed by atoms with Crippen LogP contribution in [0.5, 0.6) is 0 Å². The van der Waals surface area contributed by atoms with E-state index in [0.29, 0.717) is 23.1 Å². The molecular weight excluding hydrogens is 417 g/mol. The van der Waals surface area contributed by atoms with Gasteiger partial charge in [0.2, 0.25) is 0 Å². The maximum absolute atomic E-state index is 12.7. The van der Waals surface area contributed by atoms with Crippen molar-refractivity contribution in [3.63, 3.8) is 0 Å². The predicted octanol–water partition coefficient (Wildman–Crippen LogP) is 2.77. The van der Waals surface area contributed by atoms with Crippen LogP contribution in [0, 0.1) is 0 Å². The van der Waals surface area contributed by atoms with Crippen LogP contribution in [0.25, 0.3) is 5.65 Å². The molecule has 3 aromatic heterocycles. The molecule has 1 atom stereocenters. The highest BCUT2D eigenvalue weighted by Gasteiger charge is 2.38. The second-order valence-electron chi connectivity index (χ2n) is 6.91. The minimum atomic E-state index is -5.08. The molecule has 0 radical (unpaired) electrons. The number of nitrogens with zero attached hydrogens (tertiary/aromatic N) is 4. The van der Waals surface area contributed by atoms with E-state index in [1.165, 1.54) is 12.8 Å². The van der Waals surface area contributed by atoms with Gasteiger partial charge in [0.1, 0.15) is 11.4 Å². The minimum absolute atomic E-state index is 0.153. The summed E-state index contributed by atoms with van der Waals surface area (Å²) in [5, 5.41) is 17.7. The number of hydrogen-bond donors (Lipinski definition) is 3. The van der Waals surface area contributed by atoms with E-state index >= 15 is 0 Å². The van der Waals surface area contributed by atoms with Crippen LogP contribution in [0.3, 0.4) is 0 Å². The summed E-state index contributed by atoms with van der Waals surface area (Å²) in [6.07, 6.45) is 3.56. The number of hydrogen-bond acceptors (Lipinski definition) is 5. The van der Waals surface area contributed by atoms with E-state index in [0.717, 1.165) is 18.7 Å². The number of aliphatic carboxylic acids is 1. The van der Waals surface area contributed by atoms with Gasteiger partial charge in [-0.3, -0.25) is 4.79 Å². The van der Waals surface area contributed by atoms with E-state index in [1.807, 2.05) is 23.7 Å². The summed E-state index contributed by atoms with van der Waals surface area (Å²) in [5.74, 6) is -2.91. The minimum Gasteiger partial charge on any atom is -0.475 e. The molecule has 0 spiro atoms. The molecule has 0 aliphatic carbocycles. The molecule has 4 rings (SSSR count). The van der Waals surface area contributed by atoms with E-state index in [-0.39, 0.29) is 5.91 Å². The Morgan fingerprint density at radius 3 is 2.68 bits per heavy atom. The summed E-state index contributed by atoms with van der Waals surface area (Å²) in [4.78, 5) is 25.8. The van der Waals surface area contributed by atoms with Crippen LogP contribution in [0.4, 0.5) is 18.9 Å². The van der Waals surface area contributed by atoms with Gasteiger partial charge in [-0.1, -0.05) is 6.42 Å². The zero-order chi connectivity index (χ0) is 22.6. The zero-order valence-corrected chi connectivity index (χ0v) is 16.6. The van der Waals surface area contributed by atoms with Crippen LogP contribution in [0.2, 0.25) is 0 Å². The number of piperidine rings is 1. The molecule has 3 N–H and O–H groups in total. The highest BCUT2D eigenvalue weighted by Crippen LogP contribution is 2.25. The maximum atomic E-state index is 12.7. The van der Waals surface area contributed by atoms with Crippen LogP contribution in [0.15, 0.2) is 36.8 Å². The van der Waals surface area contributed by atoms with Crippen LogP contribution in [-0.4, -0.2) is 48.9 Å². The Balaban J connectivity index is 0.000000339. The first-order valence-electron chi connectivity index (χ1n) is 9.47. The topological polar surface area (TPSA) is 114 Å². The quantitative estimate of drug-likeness (QED) is 0.580. The number of anilines is 1. The van der Waals surface area contributed by atoms with E-state index in [4.69, 9.17) is 9.90 Å². The van der Waals surface area contributed by atoms with E-state index in [2.05, 4.69) is 20.7 Å². The number of aromatic nitrogens is 4. The summed E-state index contributed by atoms with van der Waals surface area (Å²) >= 11 is 0. The van der Waals surface area contributed by atoms with E-state index < -0.39 is 12.1 Å². The lowest BCUT2D eigenvalue weighted by molar-refractivity contribution is -0.192.